The molecule has 0 heterocycles. The van der Waals surface area contributed by atoms with E-state index in [0.717, 1.165) is 37.1 Å². The van der Waals surface area contributed by atoms with E-state index in [1.165, 1.54) is 34.6 Å². The zero-order valence-corrected chi connectivity index (χ0v) is 23.6. The van der Waals surface area contributed by atoms with Crippen LogP contribution in [0.2, 0.25) is 0 Å². The van der Waals surface area contributed by atoms with Crippen molar-refractivity contribution in [1.82, 2.24) is 0 Å². The van der Waals surface area contributed by atoms with Crippen LogP contribution in [0.25, 0.3) is 0 Å². The average Bonchev–Trinajstić information content (AvgIpc) is 2.84. The average molecular weight is 599 g/mol. The van der Waals surface area contributed by atoms with Gasteiger partial charge in [0, 0.05) is 0 Å². The molecule has 2 amide bonds. The maximum atomic E-state index is 11.9. The van der Waals surface area contributed by atoms with Gasteiger partial charge in [0.15, 0.2) is 0 Å². The fourth-order valence-electron chi connectivity index (χ4n) is 2.98. The Balaban J connectivity index is 1.67. The normalized spacial score (nSPS) is 10.5. The summed E-state index contributed by atoms with van der Waals surface area (Å²) >= 11 is 0.662. The van der Waals surface area contributed by atoms with Crippen LogP contribution in [0.15, 0.2) is 48.5 Å². The standard InChI is InChI=1S/C26H36N2O4Se2/c1-3-5-7-9-19-31-25(29)27-21-11-15-23(16-12-21)33-34-24-17-13-22(14-18-24)28-26(30)32-20-10-8-6-4-2/h11-18H,3-10,19-20H2,1-2H3,(H,27,29)(H,28,30). The van der Waals surface area contributed by atoms with Gasteiger partial charge < -0.3 is 0 Å². The number of unbranched alkanes of at least 4 members (excludes halogenated alkanes) is 6. The van der Waals surface area contributed by atoms with Gasteiger partial charge in [0.25, 0.3) is 0 Å². The second-order valence-corrected chi connectivity index (χ2v) is 14.2. The van der Waals surface area contributed by atoms with Crippen molar-refractivity contribution >= 4 is 58.7 Å². The molecule has 0 spiro atoms. The molecular weight excluding hydrogens is 562 g/mol. The Morgan fingerprint density at radius 1 is 0.618 bits per heavy atom. The fraction of sp³-hybridized carbons (Fsp3) is 0.462. The first-order valence-electron chi connectivity index (χ1n) is 12.0. The summed E-state index contributed by atoms with van der Waals surface area (Å²) in [4.78, 5) is 23.7. The van der Waals surface area contributed by atoms with Gasteiger partial charge in [-0.25, -0.2) is 0 Å². The van der Waals surface area contributed by atoms with Gasteiger partial charge >= 0.3 is 202 Å². The molecule has 34 heavy (non-hydrogen) atoms. The van der Waals surface area contributed by atoms with Gasteiger partial charge in [-0.05, 0) is 0 Å². The van der Waals surface area contributed by atoms with Crippen LogP contribution in [-0.4, -0.2) is 51.7 Å². The molecule has 0 saturated carbocycles. The Labute approximate surface area is 214 Å². The molecule has 2 N–H and O–H groups in total. The molecule has 0 aliphatic rings. The Hall–Kier alpha value is -1.98. The van der Waals surface area contributed by atoms with Gasteiger partial charge in [-0.2, -0.15) is 0 Å². The summed E-state index contributed by atoms with van der Waals surface area (Å²) in [6.45, 7) is 5.24. The van der Waals surface area contributed by atoms with Gasteiger partial charge in [0.2, 0.25) is 0 Å². The van der Waals surface area contributed by atoms with Crippen molar-refractivity contribution in [3.8, 4) is 0 Å². The number of carbonyl (C=O) groups excluding carboxylic acids is 2. The molecule has 0 fully saturated rings. The molecule has 0 saturated heterocycles. The molecule has 0 radical (unpaired) electrons. The van der Waals surface area contributed by atoms with Crippen LogP contribution in [-0.2, 0) is 9.47 Å². The Bertz CT molecular complexity index is 773. The van der Waals surface area contributed by atoms with Crippen LogP contribution >= 0.6 is 0 Å². The summed E-state index contributed by atoms with van der Waals surface area (Å²) in [5.74, 6) is 0. The molecule has 2 rings (SSSR count). The third-order valence-electron chi connectivity index (χ3n) is 4.90. The summed E-state index contributed by atoms with van der Waals surface area (Å²) in [6.07, 6.45) is 7.88. The summed E-state index contributed by atoms with van der Waals surface area (Å²) in [6, 6.07) is 15.9. The zero-order valence-electron chi connectivity index (χ0n) is 20.1. The Morgan fingerprint density at radius 2 is 1.00 bits per heavy atom. The van der Waals surface area contributed by atoms with Crippen LogP contribution in [0.4, 0.5) is 21.0 Å². The van der Waals surface area contributed by atoms with E-state index in [2.05, 4.69) is 48.7 Å². The van der Waals surface area contributed by atoms with E-state index >= 15 is 0 Å². The van der Waals surface area contributed by atoms with Crippen LogP contribution < -0.4 is 19.6 Å². The molecule has 2 aromatic rings. The van der Waals surface area contributed by atoms with Crippen molar-refractivity contribution in [2.24, 2.45) is 0 Å². The number of carbonyl (C=O) groups is 2. The van der Waals surface area contributed by atoms with Gasteiger partial charge in [0.05, 0.1) is 0 Å². The molecule has 6 nitrogen and oxygen atoms in total. The van der Waals surface area contributed by atoms with Crippen LogP contribution in [0, 0.1) is 0 Å². The molecule has 8 heteroatoms. The van der Waals surface area contributed by atoms with Gasteiger partial charge in [-0.1, -0.05) is 13.8 Å². The van der Waals surface area contributed by atoms with E-state index < -0.39 is 12.2 Å². The second kappa shape index (κ2) is 17.5. The fourth-order valence-corrected chi connectivity index (χ4v) is 8.94. The van der Waals surface area contributed by atoms with Crippen molar-refractivity contribution in [3.05, 3.63) is 48.5 Å². The zero-order chi connectivity index (χ0) is 24.4. The van der Waals surface area contributed by atoms with E-state index in [4.69, 9.17) is 9.47 Å². The molecule has 186 valence electrons. The predicted octanol–water partition coefficient (Wildman–Crippen LogP) is 5.22. The molecular formula is C26H36N2O4Se2. The number of hydrogen-bond acceptors (Lipinski definition) is 4. The molecule has 0 aliphatic heterocycles. The van der Waals surface area contributed by atoms with Crippen molar-refractivity contribution in [3.63, 3.8) is 0 Å². The molecule has 0 bridgehead atoms. The number of benzene rings is 2. The summed E-state index contributed by atoms with van der Waals surface area (Å²) in [5.41, 5.74) is 1.50. The van der Waals surface area contributed by atoms with Crippen molar-refractivity contribution in [2.75, 3.05) is 23.8 Å². The monoisotopic (exact) mass is 600 g/mol. The SMILES string of the molecule is CCCCCCOC(=O)Nc1ccc([Se][Se]c2ccc(NC(=O)OCCCCCC)cc2)cc1. The molecule has 0 aliphatic carbocycles. The third kappa shape index (κ3) is 12.5. The number of ether oxygens (including phenoxy) is 2. The summed E-state index contributed by atoms with van der Waals surface area (Å²) in [5, 5.41) is 5.57. The quantitative estimate of drug-likeness (QED) is 0.218. The van der Waals surface area contributed by atoms with E-state index in [1.54, 1.807) is 0 Å². The van der Waals surface area contributed by atoms with E-state index in [0.29, 0.717) is 39.5 Å². The van der Waals surface area contributed by atoms with Crippen molar-refractivity contribution in [1.29, 1.82) is 0 Å². The summed E-state index contributed by atoms with van der Waals surface area (Å²) < 4.78 is 13.0. The van der Waals surface area contributed by atoms with Crippen LogP contribution in [0.1, 0.15) is 65.2 Å². The molecule has 0 unspecified atom stereocenters. The first-order chi connectivity index (χ1) is 16.6. The van der Waals surface area contributed by atoms with Crippen LogP contribution in [0.3, 0.4) is 0 Å². The van der Waals surface area contributed by atoms with Crippen molar-refractivity contribution in [2.45, 2.75) is 65.2 Å². The Morgan fingerprint density at radius 3 is 1.35 bits per heavy atom. The van der Waals surface area contributed by atoms with E-state index in [9.17, 15) is 9.59 Å². The topological polar surface area (TPSA) is 76.7 Å². The van der Waals surface area contributed by atoms with Crippen LogP contribution in [0.5, 0.6) is 0 Å². The third-order valence-corrected chi connectivity index (χ3v) is 12.1. The Kier molecular flexibility index (Phi) is 14.5. The molecule has 2 aromatic carbocycles. The van der Waals surface area contributed by atoms with Crippen molar-refractivity contribution < 1.29 is 19.1 Å². The number of hydrogen-bond donors (Lipinski definition) is 2. The van der Waals surface area contributed by atoms with E-state index in [1.807, 2.05) is 24.3 Å². The maximum absolute atomic E-state index is 11.9. The minimum atomic E-state index is -0.395. The first kappa shape index (κ1) is 28.3. The number of anilines is 2. The number of nitrogens with one attached hydrogen (secondary N) is 2. The minimum absolute atomic E-state index is 0.331. The number of amides is 2. The van der Waals surface area contributed by atoms with Gasteiger partial charge in [-0.15, -0.1) is 0 Å². The molecule has 0 atom stereocenters. The first-order valence-corrected chi connectivity index (χ1v) is 18.1. The number of rotatable bonds is 15. The predicted molar refractivity (Wildman–Crippen MR) is 142 cm³/mol. The summed E-state index contributed by atoms with van der Waals surface area (Å²) in [7, 11) is 0. The van der Waals surface area contributed by atoms with Gasteiger partial charge in [-0.3, -0.25) is 0 Å². The second-order valence-electron chi connectivity index (χ2n) is 7.86. The van der Waals surface area contributed by atoms with E-state index in [-0.39, 0.29) is 0 Å². The van der Waals surface area contributed by atoms with Gasteiger partial charge in [0.1, 0.15) is 0 Å². The molecule has 0 aromatic heterocycles.